The van der Waals surface area contributed by atoms with Crippen LogP contribution in [0.5, 0.6) is 0 Å². The lowest BCUT2D eigenvalue weighted by atomic mass is 10.1. The number of hydrogen-bond donors (Lipinski definition) is 1. The zero-order valence-corrected chi connectivity index (χ0v) is 7.77. The minimum absolute atomic E-state index is 0.167. The standard InChI is InChI=1S/C10H12N2O2/c13-10-8-2-1-3-11-9(8)4-12(10)7-5-14-6-7/h1-3,7,9,11H,4-6H2. The molecule has 3 aliphatic rings. The Bertz CT molecular complexity index is 331. The van der Waals surface area contributed by atoms with E-state index in [1.807, 2.05) is 23.3 Å². The topological polar surface area (TPSA) is 41.6 Å². The Morgan fingerprint density at radius 3 is 3.00 bits per heavy atom. The lowest BCUT2D eigenvalue weighted by Gasteiger charge is -2.34. The highest BCUT2D eigenvalue weighted by Crippen LogP contribution is 2.24. The van der Waals surface area contributed by atoms with Gasteiger partial charge in [0.1, 0.15) is 0 Å². The number of carbonyl (C=O) groups is 1. The minimum atomic E-state index is 0.167. The number of likely N-dealkylation sites (tertiary alicyclic amines) is 1. The van der Waals surface area contributed by atoms with Gasteiger partial charge >= 0.3 is 0 Å². The monoisotopic (exact) mass is 192 g/mol. The van der Waals surface area contributed by atoms with Crippen LogP contribution in [0.3, 0.4) is 0 Å². The Labute approximate surface area is 82.2 Å². The van der Waals surface area contributed by atoms with Crippen molar-refractivity contribution in [2.75, 3.05) is 19.8 Å². The van der Waals surface area contributed by atoms with E-state index in [4.69, 9.17) is 4.74 Å². The maximum absolute atomic E-state index is 11.9. The van der Waals surface area contributed by atoms with Crippen molar-refractivity contribution in [3.63, 3.8) is 0 Å². The summed E-state index contributed by atoms with van der Waals surface area (Å²) in [5.74, 6) is 0.167. The quantitative estimate of drug-likeness (QED) is 0.617. The van der Waals surface area contributed by atoms with Gasteiger partial charge in [0.25, 0.3) is 5.91 Å². The number of allylic oxidation sites excluding steroid dienone is 2. The first-order valence-corrected chi connectivity index (χ1v) is 4.88. The third kappa shape index (κ3) is 1.00. The molecule has 2 saturated heterocycles. The second-order valence-corrected chi connectivity index (χ2v) is 3.85. The molecule has 0 bridgehead atoms. The Morgan fingerprint density at radius 1 is 1.50 bits per heavy atom. The number of dihydropyridines is 1. The molecule has 2 fully saturated rings. The van der Waals surface area contributed by atoms with Crippen LogP contribution in [0.1, 0.15) is 0 Å². The fourth-order valence-corrected chi connectivity index (χ4v) is 2.06. The number of fused-ring (bicyclic) bond motifs is 1. The molecule has 0 saturated carbocycles. The molecule has 0 aromatic heterocycles. The number of rotatable bonds is 1. The van der Waals surface area contributed by atoms with E-state index in [2.05, 4.69) is 5.32 Å². The van der Waals surface area contributed by atoms with Gasteiger partial charge in [-0.25, -0.2) is 0 Å². The molecule has 4 nitrogen and oxygen atoms in total. The molecular formula is C10H12N2O2. The maximum atomic E-state index is 11.9. The smallest absolute Gasteiger partial charge is 0.252 e. The van der Waals surface area contributed by atoms with Crippen LogP contribution < -0.4 is 5.32 Å². The SMILES string of the molecule is O=C1C2=CC=CNC2CN1C1COC1. The average molecular weight is 192 g/mol. The third-order valence-electron chi connectivity index (χ3n) is 2.99. The Balaban J connectivity index is 1.83. The van der Waals surface area contributed by atoms with Gasteiger partial charge in [0.05, 0.1) is 25.3 Å². The van der Waals surface area contributed by atoms with Gasteiger partial charge in [-0.05, 0) is 18.4 Å². The summed E-state index contributed by atoms with van der Waals surface area (Å²) in [5, 5.41) is 3.19. The second-order valence-electron chi connectivity index (χ2n) is 3.85. The molecule has 1 unspecified atom stereocenters. The molecule has 0 aliphatic carbocycles. The summed E-state index contributed by atoms with van der Waals surface area (Å²) in [6, 6.07) is 0.490. The molecule has 0 aromatic carbocycles. The van der Waals surface area contributed by atoms with E-state index in [0.29, 0.717) is 19.3 Å². The number of hydrogen-bond acceptors (Lipinski definition) is 3. The zero-order valence-electron chi connectivity index (χ0n) is 7.77. The highest BCUT2D eigenvalue weighted by Gasteiger charge is 2.41. The van der Waals surface area contributed by atoms with E-state index in [1.165, 1.54) is 0 Å². The van der Waals surface area contributed by atoms with Crippen LogP contribution in [-0.2, 0) is 9.53 Å². The lowest BCUT2D eigenvalue weighted by molar-refractivity contribution is -0.136. The number of nitrogens with zero attached hydrogens (tertiary/aromatic N) is 1. The van der Waals surface area contributed by atoms with E-state index in [-0.39, 0.29) is 11.9 Å². The van der Waals surface area contributed by atoms with Crippen molar-refractivity contribution in [1.29, 1.82) is 0 Å². The average Bonchev–Trinajstić information content (AvgIpc) is 2.43. The van der Waals surface area contributed by atoms with Crippen LogP contribution >= 0.6 is 0 Å². The van der Waals surface area contributed by atoms with Gasteiger partial charge in [0, 0.05) is 12.1 Å². The molecule has 3 aliphatic heterocycles. The Morgan fingerprint density at radius 2 is 2.36 bits per heavy atom. The number of ether oxygens (including phenoxy) is 1. The molecule has 74 valence electrons. The first-order chi connectivity index (χ1) is 6.86. The predicted molar refractivity (Wildman–Crippen MR) is 50.5 cm³/mol. The van der Waals surface area contributed by atoms with Crippen molar-refractivity contribution in [2.24, 2.45) is 0 Å². The molecule has 3 rings (SSSR count). The fraction of sp³-hybridized carbons (Fsp3) is 0.500. The molecule has 1 amide bonds. The van der Waals surface area contributed by atoms with E-state index >= 15 is 0 Å². The highest BCUT2D eigenvalue weighted by atomic mass is 16.5. The Hall–Kier alpha value is -1.29. The summed E-state index contributed by atoms with van der Waals surface area (Å²) in [6.07, 6.45) is 5.68. The molecule has 3 heterocycles. The first-order valence-electron chi connectivity index (χ1n) is 4.88. The normalized spacial score (nSPS) is 30.9. The van der Waals surface area contributed by atoms with Crippen molar-refractivity contribution in [3.05, 3.63) is 23.9 Å². The van der Waals surface area contributed by atoms with Gasteiger partial charge in [0.15, 0.2) is 0 Å². The predicted octanol–water partition coefficient (Wildman–Crippen LogP) is -0.361. The second kappa shape index (κ2) is 2.85. The number of nitrogens with one attached hydrogen (secondary N) is 1. The van der Waals surface area contributed by atoms with Crippen molar-refractivity contribution >= 4 is 5.91 Å². The van der Waals surface area contributed by atoms with Crippen LogP contribution in [-0.4, -0.2) is 42.6 Å². The van der Waals surface area contributed by atoms with Gasteiger partial charge in [-0.2, -0.15) is 0 Å². The molecule has 0 spiro atoms. The maximum Gasteiger partial charge on any atom is 0.252 e. The third-order valence-corrected chi connectivity index (χ3v) is 2.99. The molecule has 4 heteroatoms. The first kappa shape index (κ1) is 8.05. The summed E-state index contributed by atoms with van der Waals surface area (Å²) in [7, 11) is 0. The largest absolute Gasteiger partial charge is 0.382 e. The van der Waals surface area contributed by atoms with E-state index < -0.39 is 0 Å². The van der Waals surface area contributed by atoms with Crippen molar-refractivity contribution < 1.29 is 9.53 Å². The highest BCUT2D eigenvalue weighted by molar-refractivity contribution is 5.98. The Kier molecular flexibility index (Phi) is 1.64. The van der Waals surface area contributed by atoms with Crippen molar-refractivity contribution in [2.45, 2.75) is 12.1 Å². The van der Waals surface area contributed by atoms with Gasteiger partial charge in [-0.1, -0.05) is 0 Å². The van der Waals surface area contributed by atoms with Crippen LogP contribution in [0, 0.1) is 0 Å². The van der Waals surface area contributed by atoms with Crippen molar-refractivity contribution in [3.8, 4) is 0 Å². The lowest BCUT2D eigenvalue weighted by Crippen LogP contribution is -2.50. The van der Waals surface area contributed by atoms with Crippen LogP contribution in [0.4, 0.5) is 0 Å². The van der Waals surface area contributed by atoms with Crippen molar-refractivity contribution in [1.82, 2.24) is 10.2 Å². The van der Waals surface area contributed by atoms with E-state index in [9.17, 15) is 4.79 Å². The van der Waals surface area contributed by atoms with E-state index in [0.717, 1.165) is 12.1 Å². The van der Waals surface area contributed by atoms with Gasteiger partial charge in [0.2, 0.25) is 0 Å². The fourth-order valence-electron chi connectivity index (χ4n) is 2.06. The van der Waals surface area contributed by atoms with Gasteiger partial charge < -0.3 is 15.0 Å². The summed E-state index contributed by atoms with van der Waals surface area (Å²) in [6.45, 7) is 2.17. The summed E-state index contributed by atoms with van der Waals surface area (Å²) in [4.78, 5) is 13.8. The van der Waals surface area contributed by atoms with Crippen LogP contribution in [0.2, 0.25) is 0 Å². The molecule has 14 heavy (non-hydrogen) atoms. The van der Waals surface area contributed by atoms with Gasteiger partial charge in [-0.3, -0.25) is 4.79 Å². The molecule has 0 aromatic rings. The summed E-state index contributed by atoms with van der Waals surface area (Å²) >= 11 is 0. The number of carbonyl (C=O) groups excluding carboxylic acids is 1. The van der Waals surface area contributed by atoms with Gasteiger partial charge in [-0.15, -0.1) is 0 Å². The molecule has 1 N–H and O–H groups in total. The van der Waals surface area contributed by atoms with Crippen LogP contribution in [0.15, 0.2) is 23.9 Å². The molecule has 0 radical (unpaired) electrons. The number of amides is 1. The van der Waals surface area contributed by atoms with E-state index in [1.54, 1.807) is 0 Å². The minimum Gasteiger partial charge on any atom is -0.382 e. The zero-order chi connectivity index (χ0) is 9.54. The summed E-state index contributed by atoms with van der Waals surface area (Å²) in [5.41, 5.74) is 0.888. The summed E-state index contributed by atoms with van der Waals surface area (Å²) < 4.78 is 5.10. The molecule has 1 atom stereocenters. The van der Waals surface area contributed by atoms with Crippen LogP contribution in [0.25, 0.3) is 0 Å². The molecular weight excluding hydrogens is 180 g/mol.